The summed E-state index contributed by atoms with van der Waals surface area (Å²) in [5, 5.41) is 12.3. The molecule has 0 aliphatic carbocycles. The summed E-state index contributed by atoms with van der Waals surface area (Å²) in [6.45, 7) is 2.04. The highest BCUT2D eigenvalue weighted by Gasteiger charge is 2.16. The largest absolute Gasteiger partial charge is 0.478 e. The van der Waals surface area contributed by atoms with Crippen LogP contribution in [0.2, 0.25) is 0 Å². The number of hydrogen-bond acceptors (Lipinski definition) is 4. The lowest BCUT2D eigenvalue weighted by molar-refractivity contribution is 0.0697. The fraction of sp³-hybridized carbons (Fsp3) is 0.312. The van der Waals surface area contributed by atoms with Crippen molar-refractivity contribution in [3.63, 3.8) is 0 Å². The van der Waals surface area contributed by atoms with Crippen LogP contribution in [0.5, 0.6) is 0 Å². The van der Waals surface area contributed by atoms with Gasteiger partial charge in [0.25, 0.3) is 0 Å². The SMILES string of the molecule is O=C(O)c1ccc(-c2cnc(C3CCCNC3)cn2)cc1. The highest BCUT2D eigenvalue weighted by atomic mass is 16.4. The van der Waals surface area contributed by atoms with E-state index in [9.17, 15) is 4.79 Å². The Morgan fingerprint density at radius 1 is 1.19 bits per heavy atom. The van der Waals surface area contributed by atoms with Gasteiger partial charge in [-0.05, 0) is 31.5 Å². The quantitative estimate of drug-likeness (QED) is 0.904. The van der Waals surface area contributed by atoms with Crippen molar-refractivity contribution in [1.29, 1.82) is 0 Å². The molecule has 2 heterocycles. The third-order valence-corrected chi connectivity index (χ3v) is 3.81. The van der Waals surface area contributed by atoms with Crippen LogP contribution in [-0.4, -0.2) is 34.1 Å². The Bertz CT molecular complexity index is 617. The number of nitrogens with one attached hydrogen (secondary N) is 1. The maximum absolute atomic E-state index is 10.8. The van der Waals surface area contributed by atoms with Crippen LogP contribution >= 0.6 is 0 Å². The molecule has 5 nitrogen and oxygen atoms in total. The zero-order valence-corrected chi connectivity index (χ0v) is 11.6. The molecule has 1 unspecified atom stereocenters. The van der Waals surface area contributed by atoms with Crippen LogP contribution in [0.4, 0.5) is 0 Å². The molecule has 21 heavy (non-hydrogen) atoms. The van der Waals surface area contributed by atoms with Crippen molar-refractivity contribution in [3.8, 4) is 11.3 Å². The molecule has 0 saturated carbocycles. The minimum absolute atomic E-state index is 0.275. The summed E-state index contributed by atoms with van der Waals surface area (Å²) >= 11 is 0. The van der Waals surface area contributed by atoms with Gasteiger partial charge in [0.05, 0.1) is 23.1 Å². The van der Waals surface area contributed by atoms with E-state index in [0.717, 1.165) is 36.5 Å². The number of carboxylic acid groups (broad SMARTS) is 1. The van der Waals surface area contributed by atoms with Gasteiger partial charge in [-0.25, -0.2) is 4.79 Å². The first-order valence-electron chi connectivity index (χ1n) is 7.10. The van der Waals surface area contributed by atoms with Gasteiger partial charge in [-0.2, -0.15) is 0 Å². The number of hydrogen-bond donors (Lipinski definition) is 2. The van der Waals surface area contributed by atoms with E-state index in [1.807, 2.05) is 6.20 Å². The van der Waals surface area contributed by atoms with Crippen LogP contribution in [0, 0.1) is 0 Å². The van der Waals surface area contributed by atoms with Gasteiger partial charge in [0.2, 0.25) is 0 Å². The topological polar surface area (TPSA) is 75.1 Å². The molecule has 1 saturated heterocycles. The van der Waals surface area contributed by atoms with Gasteiger partial charge in [0.15, 0.2) is 0 Å². The van der Waals surface area contributed by atoms with Crippen LogP contribution in [-0.2, 0) is 0 Å². The van der Waals surface area contributed by atoms with Crippen LogP contribution < -0.4 is 5.32 Å². The first-order valence-corrected chi connectivity index (χ1v) is 7.10. The second kappa shape index (κ2) is 6.01. The van der Waals surface area contributed by atoms with E-state index in [0.29, 0.717) is 5.92 Å². The second-order valence-electron chi connectivity index (χ2n) is 5.25. The van der Waals surface area contributed by atoms with Crippen molar-refractivity contribution in [1.82, 2.24) is 15.3 Å². The second-order valence-corrected chi connectivity index (χ2v) is 5.25. The van der Waals surface area contributed by atoms with Crippen LogP contribution in [0.1, 0.15) is 34.8 Å². The Balaban J connectivity index is 1.78. The number of carboxylic acids is 1. The van der Waals surface area contributed by atoms with Crippen LogP contribution in [0.15, 0.2) is 36.7 Å². The molecule has 108 valence electrons. The van der Waals surface area contributed by atoms with E-state index in [-0.39, 0.29) is 5.56 Å². The number of benzene rings is 1. The molecule has 0 spiro atoms. The minimum Gasteiger partial charge on any atom is -0.478 e. The van der Waals surface area contributed by atoms with Crippen molar-refractivity contribution in [2.75, 3.05) is 13.1 Å². The van der Waals surface area contributed by atoms with Crippen LogP contribution in [0.3, 0.4) is 0 Å². The van der Waals surface area contributed by atoms with Gasteiger partial charge in [-0.1, -0.05) is 12.1 Å². The monoisotopic (exact) mass is 283 g/mol. The van der Waals surface area contributed by atoms with Gasteiger partial charge in [0, 0.05) is 24.2 Å². The molecule has 2 aromatic rings. The average Bonchev–Trinajstić information content (AvgIpc) is 2.56. The Hall–Kier alpha value is -2.27. The van der Waals surface area contributed by atoms with E-state index in [1.165, 1.54) is 6.42 Å². The highest BCUT2D eigenvalue weighted by Crippen LogP contribution is 2.22. The first kappa shape index (κ1) is 13.7. The third kappa shape index (κ3) is 3.08. The summed E-state index contributed by atoms with van der Waals surface area (Å²) in [5.74, 6) is -0.484. The number of nitrogens with zero attached hydrogens (tertiary/aromatic N) is 2. The van der Waals surface area contributed by atoms with Crippen LogP contribution in [0.25, 0.3) is 11.3 Å². The van der Waals surface area contributed by atoms with Crippen molar-refractivity contribution >= 4 is 5.97 Å². The Morgan fingerprint density at radius 2 is 2.00 bits per heavy atom. The smallest absolute Gasteiger partial charge is 0.335 e. The summed E-state index contributed by atoms with van der Waals surface area (Å²) in [4.78, 5) is 19.8. The van der Waals surface area contributed by atoms with Crippen molar-refractivity contribution in [2.45, 2.75) is 18.8 Å². The molecule has 1 atom stereocenters. The minimum atomic E-state index is -0.923. The third-order valence-electron chi connectivity index (χ3n) is 3.81. The van der Waals surface area contributed by atoms with E-state index in [2.05, 4.69) is 15.3 Å². The average molecular weight is 283 g/mol. The molecule has 1 aromatic carbocycles. The number of aromatic carboxylic acids is 1. The predicted octanol–water partition coefficient (Wildman–Crippen LogP) is 2.31. The first-order chi connectivity index (χ1) is 10.2. The molecule has 0 bridgehead atoms. The van der Waals surface area contributed by atoms with Gasteiger partial charge < -0.3 is 10.4 Å². The van der Waals surface area contributed by atoms with E-state index in [1.54, 1.807) is 30.5 Å². The molecule has 3 rings (SSSR count). The lowest BCUT2D eigenvalue weighted by Crippen LogP contribution is -2.28. The number of aromatic nitrogens is 2. The highest BCUT2D eigenvalue weighted by molar-refractivity contribution is 5.88. The molecule has 1 aliphatic heterocycles. The molecule has 0 amide bonds. The summed E-state index contributed by atoms with van der Waals surface area (Å²) in [7, 11) is 0. The summed E-state index contributed by atoms with van der Waals surface area (Å²) < 4.78 is 0. The summed E-state index contributed by atoms with van der Waals surface area (Å²) in [5.41, 5.74) is 2.94. The van der Waals surface area contributed by atoms with Crippen molar-refractivity contribution in [2.24, 2.45) is 0 Å². The van der Waals surface area contributed by atoms with Crippen molar-refractivity contribution < 1.29 is 9.90 Å². The fourth-order valence-corrected chi connectivity index (χ4v) is 2.59. The molecular weight excluding hydrogens is 266 g/mol. The summed E-state index contributed by atoms with van der Waals surface area (Å²) in [6, 6.07) is 6.68. The normalized spacial score (nSPS) is 18.4. The van der Waals surface area contributed by atoms with E-state index in [4.69, 9.17) is 5.11 Å². The van der Waals surface area contributed by atoms with Gasteiger partial charge in [-0.15, -0.1) is 0 Å². The van der Waals surface area contributed by atoms with Crippen molar-refractivity contribution in [3.05, 3.63) is 47.9 Å². The number of piperidine rings is 1. The Kier molecular flexibility index (Phi) is 3.92. The Morgan fingerprint density at radius 3 is 2.57 bits per heavy atom. The number of carbonyl (C=O) groups is 1. The van der Waals surface area contributed by atoms with E-state index < -0.39 is 5.97 Å². The molecule has 0 radical (unpaired) electrons. The molecule has 2 N–H and O–H groups in total. The standard InChI is InChI=1S/C16H17N3O2/c20-16(21)12-5-3-11(4-6-12)14-9-19-15(10-18-14)13-2-1-7-17-8-13/h3-6,9-10,13,17H,1-2,7-8H2,(H,20,21). The number of rotatable bonds is 3. The summed E-state index contributed by atoms with van der Waals surface area (Å²) in [6.07, 6.45) is 5.91. The lowest BCUT2D eigenvalue weighted by atomic mass is 9.96. The lowest BCUT2D eigenvalue weighted by Gasteiger charge is -2.21. The van der Waals surface area contributed by atoms with Gasteiger partial charge in [-0.3, -0.25) is 9.97 Å². The van der Waals surface area contributed by atoms with E-state index >= 15 is 0 Å². The van der Waals surface area contributed by atoms with Gasteiger partial charge in [0.1, 0.15) is 0 Å². The zero-order valence-electron chi connectivity index (χ0n) is 11.6. The molecular formula is C16H17N3O2. The van der Waals surface area contributed by atoms with Gasteiger partial charge >= 0.3 is 5.97 Å². The maximum atomic E-state index is 10.8. The zero-order chi connectivity index (χ0) is 14.7. The molecule has 5 heteroatoms. The maximum Gasteiger partial charge on any atom is 0.335 e. The molecule has 1 aromatic heterocycles. The Labute approximate surface area is 123 Å². The molecule has 1 aliphatic rings. The predicted molar refractivity (Wildman–Crippen MR) is 79.3 cm³/mol. The molecule has 1 fully saturated rings. The fourth-order valence-electron chi connectivity index (χ4n) is 2.59.